The van der Waals surface area contributed by atoms with Gasteiger partial charge in [0.1, 0.15) is 0 Å². The summed E-state index contributed by atoms with van der Waals surface area (Å²) in [6, 6.07) is 3.60. The van der Waals surface area contributed by atoms with Crippen molar-refractivity contribution in [1.29, 1.82) is 0 Å². The smallest absolute Gasteiger partial charge is 0.206 e. The fourth-order valence-electron chi connectivity index (χ4n) is 1.44. The first-order valence-corrected chi connectivity index (χ1v) is 5.65. The molecular weight excluding hydrogens is 246 g/mol. The second-order valence-corrected chi connectivity index (χ2v) is 4.56. The summed E-state index contributed by atoms with van der Waals surface area (Å²) < 4.78 is 26.0. The summed E-state index contributed by atoms with van der Waals surface area (Å²) in [5.74, 6) is -3.50. The van der Waals surface area contributed by atoms with Crippen LogP contribution in [0.5, 0.6) is 0 Å². The summed E-state index contributed by atoms with van der Waals surface area (Å²) >= 11 is 4.52. The van der Waals surface area contributed by atoms with Crippen molar-refractivity contribution in [3.05, 3.63) is 22.4 Å². The number of hydrogen-bond acceptors (Lipinski definition) is 1. The molecule has 1 heterocycles. The van der Waals surface area contributed by atoms with Gasteiger partial charge in [-0.05, 0) is 11.4 Å². The second-order valence-electron chi connectivity index (χ2n) is 2.93. The minimum atomic E-state index is -2.48. The zero-order valence-corrected chi connectivity index (χ0v) is 8.54. The van der Waals surface area contributed by atoms with E-state index in [1.165, 1.54) is 11.3 Å². The molecule has 1 fully saturated rings. The van der Waals surface area contributed by atoms with Crippen molar-refractivity contribution in [3.63, 3.8) is 0 Å². The van der Waals surface area contributed by atoms with Crippen LogP contribution < -0.4 is 0 Å². The van der Waals surface area contributed by atoms with E-state index >= 15 is 0 Å². The van der Waals surface area contributed by atoms with Crippen LogP contribution in [0.25, 0.3) is 0 Å². The molecule has 0 N–H and O–H groups in total. The predicted molar refractivity (Wildman–Crippen MR) is 49.3 cm³/mol. The highest BCUT2D eigenvalue weighted by molar-refractivity contribution is 9.09. The van der Waals surface area contributed by atoms with E-state index in [-0.39, 0.29) is 0 Å². The van der Waals surface area contributed by atoms with Crippen LogP contribution in [0.3, 0.4) is 0 Å². The van der Waals surface area contributed by atoms with Crippen molar-refractivity contribution in [2.24, 2.45) is 5.92 Å². The summed E-state index contributed by atoms with van der Waals surface area (Å²) in [5.41, 5.74) is 0. The van der Waals surface area contributed by atoms with Gasteiger partial charge in [-0.25, -0.2) is 8.78 Å². The van der Waals surface area contributed by atoms with E-state index in [9.17, 15) is 8.78 Å². The van der Waals surface area contributed by atoms with Gasteiger partial charge < -0.3 is 0 Å². The third kappa shape index (κ3) is 1.12. The van der Waals surface area contributed by atoms with E-state index in [1.54, 1.807) is 6.07 Å². The van der Waals surface area contributed by atoms with Gasteiger partial charge in [0.2, 0.25) is 0 Å². The van der Waals surface area contributed by atoms with Gasteiger partial charge in [0, 0.05) is 16.1 Å². The highest BCUT2D eigenvalue weighted by Gasteiger charge is 2.68. The first-order valence-electron chi connectivity index (χ1n) is 3.65. The van der Waals surface area contributed by atoms with Gasteiger partial charge in [-0.15, -0.1) is 11.3 Å². The van der Waals surface area contributed by atoms with E-state index in [2.05, 4.69) is 15.9 Å². The average Bonchev–Trinajstić information content (AvgIpc) is 2.50. The van der Waals surface area contributed by atoms with E-state index in [4.69, 9.17) is 0 Å². The van der Waals surface area contributed by atoms with Gasteiger partial charge in [-0.3, -0.25) is 0 Å². The molecular formula is C8H7BrF2S. The van der Waals surface area contributed by atoms with Crippen LogP contribution in [0.15, 0.2) is 17.5 Å². The Kier molecular flexibility index (Phi) is 1.99. The molecule has 0 amide bonds. The Balaban J connectivity index is 2.19. The maximum atomic E-state index is 13.0. The molecule has 1 aromatic heterocycles. The molecule has 66 valence electrons. The zero-order chi connectivity index (χ0) is 8.77. The third-order valence-electron chi connectivity index (χ3n) is 2.22. The number of hydrogen-bond donors (Lipinski definition) is 0. The highest BCUT2D eigenvalue weighted by Crippen LogP contribution is 2.62. The Bertz CT molecular complexity index is 271. The van der Waals surface area contributed by atoms with Crippen molar-refractivity contribution < 1.29 is 8.78 Å². The number of rotatable bonds is 2. The van der Waals surface area contributed by atoms with Gasteiger partial charge >= 0.3 is 0 Å². The van der Waals surface area contributed by atoms with Crippen LogP contribution in [0, 0.1) is 5.92 Å². The summed E-state index contributed by atoms with van der Waals surface area (Å²) in [4.78, 5) is 0.810. The Morgan fingerprint density at radius 2 is 2.33 bits per heavy atom. The fraction of sp³-hybridized carbons (Fsp3) is 0.500. The molecule has 1 saturated carbocycles. The summed E-state index contributed by atoms with van der Waals surface area (Å²) in [6.45, 7) is 0. The lowest BCUT2D eigenvalue weighted by atomic mass is 10.3. The molecule has 0 aromatic carbocycles. The molecule has 1 aliphatic rings. The van der Waals surface area contributed by atoms with E-state index in [1.807, 2.05) is 11.4 Å². The molecule has 0 spiro atoms. The highest BCUT2D eigenvalue weighted by atomic mass is 79.9. The molecule has 2 rings (SSSR count). The van der Waals surface area contributed by atoms with Crippen molar-refractivity contribution in [2.45, 2.75) is 11.8 Å². The molecule has 0 unspecified atom stereocenters. The topological polar surface area (TPSA) is 0 Å². The maximum Gasteiger partial charge on any atom is 0.260 e. The SMILES string of the molecule is FC1(F)[C@@H](CBr)[C@@H]1c1cccs1. The summed E-state index contributed by atoms with van der Waals surface area (Å²) in [7, 11) is 0. The van der Waals surface area contributed by atoms with Crippen LogP contribution in [0.1, 0.15) is 10.8 Å². The number of thiophene rings is 1. The lowest BCUT2D eigenvalue weighted by molar-refractivity contribution is 0.0977. The van der Waals surface area contributed by atoms with E-state index in [0.717, 1.165) is 4.88 Å². The molecule has 12 heavy (non-hydrogen) atoms. The van der Waals surface area contributed by atoms with Gasteiger partial charge in [-0.1, -0.05) is 22.0 Å². The van der Waals surface area contributed by atoms with Crippen molar-refractivity contribution in [2.75, 3.05) is 5.33 Å². The lowest BCUT2D eigenvalue weighted by Gasteiger charge is -1.90. The molecule has 2 atom stereocenters. The lowest BCUT2D eigenvalue weighted by Crippen LogP contribution is -1.94. The minimum absolute atomic E-state index is 0.391. The molecule has 1 aliphatic carbocycles. The Hall–Kier alpha value is 0.0400. The van der Waals surface area contributed by atoms with Gasteiger partial charge in [0.05, 0.1) is 5.92 Å². The van der Waals surface area contributed by atoms with Crippen LogP contribution in [-0.4, -0.2) is 11.3 Å². The van der Waals surface area contributed by atoms with Crippen molar-refractivity contribution in [3.8, 4) is 0 Å². The Morgan fingerprint density at radius 1 is 1.58 bits per heavy atom. The standard InChI is InChI=1S/C8H7BrF2S/c9-4-5-7(8(5,10)11)6-2-1-3-12-6/h1-3,5,7H,4H2/t5-,7+/m0/s1. The van der Waals surface area contributed by atoms with E-state index < -0.39 is 17.8 Å². The molecule has 0 aliphatic heterocycles. The third-order valence-corrected chi connectivity index (χ3v) is 3.87. The van der Waals surface area contributed by atoms with Crippen LogP contribution in [0.2, 0.25) is 0 Å². The Labute approximate surface area is 81.7 Å². The summed E-state index contributed by atoms with van der Waals surface area (Å²) in [6.07, 6.45) is 0. The molecule has 0 bridgehead atoms. The zero-order valence-electron chi connectivity index (χ0n) is 6.14. The quantitative estimate of drug-likeness (QED) is 0.708. The van der Waals surface area contributed by atoms with Crippen molar-refractivity contribution >= 4 is 27.3 Å². The monoisotopic (exact) mass is 252 g/mol. The first-order chi connectivity index (χ1) is 5.68. The van der Waals surface area contributed by atoms with Crippen molar-refractivity contribution in [1.82, 2.24) is 0 Å². The average molecular weight is 253 g/mol. The first kappa shape index (κ1) is 8.63. The second kappa shape index (κ2) is 2.77. The molecule has 1 aromatic rings. The van der Waals surface area contributed by atoms with Gasteiger partial charge in [-0.2, -0.15) is 0 Å². The van der Waals surface area contributed by atoms with E-state index in [0.29, 0.717) is 5.33 Å². The molecule has 0 radical (unpaired) electrons. The number of halogens is 3. The van der Waals surface area contributed by atoms with Crippen LogP contribution >= 0.6 is 27.3 Å². The maximum absolute atomic E-state index is 13.0. The largest absolute Gasteiger partial charge is 0.260 e. The van der Waals surface area contributed by atoms with Gasteiger partial charge in [0.15, 0.2) is 0 Å². The normalized spacial score (nSPS) is 31.9. The summed E-state index contributed by atoms with van der Waals surface area (Å²) in [5, 5.41) is 2.23. The van der Waals surface area contributed by atoms with Crippen LogP contribution in [0.4, 0.5) is 8.78 Å². The predicted octanol–water partition coefficient (Wildman–Crippen LogP) is 3.49. The molecule has 4 heteroatoms. The number of alkyl halides is 3. The fourth-order valence-corrected chi connectivity index (χ4v) is 3.18. The van der Waals surface area contributed by atoms with Gasteiger partial charge in [0.25, 0.3) is 5.92 Å². The molecule has 0 nitrogen and oxygen atoms in total. The Morgan fingerprint density at radius 3 is 2.75 bits per heavy atom. The minimum Gasteiger partial charge on any atom is -0.206 e. The molecule has 0 saturated heterocycles. The van der Waals surface area contributed by atoms with Crippen LogP contribution in [-0.2, 0) is 0 Å².